The Morgan fingerprint density at radius 1 is 1.08 bits per heavy atom. The maximum atomic E-state index is 11.8. The first-order valence-corrected chi connectivity index (χ1v) is 8.57. The van der Waals surface area contributed by atoms with E-state index in [9.17, 15) is 4.79 Å². The molecular weight excluding hydrogens is 324 g/mol. The molecule has 0 radical (unpaired) electrons. The van der Waals surface area contributed by atoms with Gasteiger partial charge in [-0.2, -0.15) is 0 Å². The molecule has 0 heterocycles. The highest BCUT2D eigenvalue weighted by Gasteiger charge is 2.20. The summed E-state index contributed by atoms with van der Waals surface area (Å²) in [4.78, 5) is 11.8. The summed E-state index contributed by atoms with van der Waals surface area (Å²) in [6, 6.07) is 15.6. The van der Waals surface area contributed by atoms with Crippen molar-refractivity contribution in [2.75, 3.05) is 11.9 Å². The van der Waals surface area contributed by atoms with Gasteiger partial charge in [0.15, 0.2) is 0 Å². The second-order valence-electron chi connectivity index (χ2n) is 5.97. The number of hydrogen-bond acceptors (Lipinski definition) is 3. The van der Waals surface area contributed by atoms with Crippen LogP contribution >= 0.6 is 11.6 Å². The van der Waals surface area contributed by atoms with Gasteiger partial charge in [-0.15, -0.1) is 0 Å². The van der Waals surface area contributed by atoms with Crippen molar-refractivity contribution >= 4 is 23.2 Å². The van der Waals surface area contributed by atoms with Crippen molar-refractivity contribution in [3.05, 3.63) is 59.1 Å². The number of carbonyl (C=O) groups excluding carboxylic acids is 1. The zero-order valence-corrected chi connectivity index (χ0v) is 14.2. The number of ether oxygens (including phenoxy) is 1. The highest BCUT2D eigenvalue weighted by molar-refractivity contribution is 6.30. The van der Waals surface area contributed by atoms with Crippen LogP contribution in [0.15, 0.2) is 48.5 Å². The molecule has 1 aliphatic rings. The zero-order valence-electron chi connectivity index (χ0n) is 13.4. The van der Waals surface area contributed by atoms with Crippen LogP contribution in [0.3, 0.4) is 0 Å². The molecule has 0 spiro atoms. The third-order valence-electron chi connectivity index (χ3n) is 3.82. The smallest absolute Gasteiger partial charge is 0.225 e. The molecule has 4 nitrogen and oxygen atoms in total. The predicted molar refractivity (Wildman–Crippen MR) is 96.5 cm³/mol. The third-order valence-corrected chi connectivity index (χ3v) is 4.07. The van der Waals surface area contributed by atoms with Gasteiger partial charge in [-0.3, -0.25) is 4.79 Å². The van der Waals surface area contributed by atoms with E-state index in [4.69, 9.17) is 16.3 Å². The summed E-state index contributed by atoms with van der Waals surface area (Å²) in [6.07, 6.45) is 2.96. The monoisotopic (exact) mass is 344 g/mol. The van der Waals surface area contributed by atoms with E-state index in [2.05, 4.69) is 10.6 Å². The quantitative estimate of drug-likeness (QED) is 0.761. The van der Waals surface area contributed by atoms with Crippen molar-refractivity contribution in [2.45, 2.75) is 31.9 Å². The first-order valence-electron chi connectivity index (χ1n) is 8.19. The molecule has 126 valence electrons. The summed E-state index contributed by atoms with van der Waals surface area (Å²) >= 11 is 5.86. The van der Waals surface area contributed by atoms with Gasteiger partial charge in [-0.1, -0.05) is 23.7 Å². The van der Waals surface area contributed by atoms with E-state index < -0.39 is 0 Å². The van der Waals surface area contributed by atoms with Gasteiger partial charge < -0.3 is 15.4 Å². The molecular formula is C19H21ClN2O2. The van der Waals surface area contributed by atoms with Crippen LogP contribution < -0.4 is 15.4 Å². The Labute approximate surface area is 147 Å². The molecule has 0 aromatic heterocycles. The minimum Gasteiger partial charge on any atom is -0.489 e. The lowest BCUT2D eigenvalue weighted by atomic mass is 10.2. The van der Waals surface area contributed by atoms with Crippen molar-refractivity contribution in [2.24, 2.45) is 0 Å². The standard InChI is InChI=1S/C19H21ClN2O2/c20-15-3-1-14(2-4-15)13-24-18-9-7-17(8-10-18)22-19(23)11-12-21-16-5-6-16/h1-4,7-10,16,21H,5-6,11-13H2,(H,22,23). The van der Waals surface area contributed by atoms with Gasteiger partial charge in [0.05, 0.1) is 0 Å². The van der Waals surface area contributed by atoms with Crippen molar-refractivity contribution < 1.29 is 9.53 Å². The molecule has 0 unspecified atom stereocenters. The number of benzene rings is 2. The average Bonchev–Trinajstić information content (AvgIpc) is 3.40. The Balaban J connectivity index is 1.42. The van der Waals surface area contributed by atoms with Crippen LogP contribution in [0.4, 0.5) is 5.69 Å². The molecule has 1 saturated carbocycles. The predicted octanol–water partition coefficient (Wildman–Crippen LogP) is 4.00. The molecule has 0 atom stereocenters. The molecule has 3 rings (SSSR count). The maximum Gasteiger partial charge on any atom is 0.225 e. The molecule has 0 saturated heterocycles. The lowest BCUT2D eigenvalue weighted by Gasteiger charge is -2.09. The topological polar surface area (TPSA) is 50.4 Å². The number of amides is 1. The average molecular weight is 345 g/mol. The Morgan fingerprint density at radius 3 is 2.46 bits per heavy atom. The summed E-state index contributed by atoms with van der Waals surface area (Å²) in [5.41, 5.74) is 1.84. The van der Waals surface area contributed by atoms with Gasteiger partial charge in [0.2, 0.25) is 5.91 Å². The van der Waals surface area contributed by atoms with Crippen LogP contribution in [0.1, 0.15) is 24.8 Å². The van der Waals surface area contributed by atoms with Crippen LogP contribution in [0.25, 0.3) is 0 Å². The largest absolute Gasteiger partial charge is 0.489 e. The Morgan fingerprint density at radius 2 is 1.79 bits per heavy atom. The van der Waals surface area contributed by atoms with Crippen LogP contribution in [0.2, 0.25) is 5.02 Å². The minimum absolute atomic E-state index is 0.0259. The molecule has 2 aromatic rings. The molecule has 1 fully saturated rings. The number of anilines is 1. The van der Waals surface area contributed by atoms with E-state index >= 15 is 0 Å². The number of nitrogens with one attached hydrogen (secondary N) is 2. The summed E-state index contributed by atoms with van der Waals surface area (Å²) in [6.45, 7) is 1.22. The van der Waals surface area contributed by atoms with E-state index in [1.54, 1.807) is 0 Å². The number of halogens is 1. The molecule has 0 bridgehead atoms. The Hall–Kier alpha value is -2.04. The fourth-order valence-electron chi connectivity index (χ4n) is 2.28. The van der Waals surface area contributed by atoms with Crippen molar-refractivity contribution in [1.82, 2.24) is 5.32 Å². The molecule has 1 amide bonds. The number of carbonyl (C=O) groups is 1. The minimum atomic E-state index is 0.0259. The Kier molecular flexibility index (Phi) is 5.72. The number of hydrogen-bond donors (Lipinski definition) is 2. The van der Waals surface area contributed by atoms with Crippen molar-refractivity contribution in [3.63, 3.8) is 0 Å². The summed E-state index contributed by atoms with van der Waals surface area (Å²) in [7, 11) is 0. The van der Waals surface area contributed by atoms with Gasteiger partial charge in [-0.05, 0) is 54.8 Å². The van der Waals surface area contributed by atoms with Crippen LogP contribution in [0, 0.1) is 0 Å². The highest BCUT2D eigenvalue weighted by Crippen LogP contribution is 2.19. The maximum absolute atomic E-state index is 11.8. The van der Waals surface area contributed by atoms with Gasteiger partial charge in [0.1, 0.15) is 12.4 Å². The third kappa shape index (κ3) is 5.55. The van der Waals surface area contributed by atoms with Gasteiger partial charge in [-0.25, -0.2) is 0 Å². The van der Waals surface area contributed by atoms with Crippen molar-refractivity contribution in [1.29, 1.82) is 0 Å². The van der Waals surface area contributed by atoms with E-state index in [0.29, 0.717) is 24.1 Å². The van der Waals surface area contributed by atoms with E-state index in [1.165, 1.54) is 12.8 Å². The lowest BCUT2D eigenvalue weighted by Crippen LogP contribution is -2.23. The normalized spacial score (nSPS) is 13.5. The fraction of sp³-hybridized carbons (Fsp3) is 0.316. The van der Waals surface area contributed by atoms with Gasteiger partial charge >= 0.3 is 0 Å². The zero-order chi connectivity index (χ0) is 16.8. The van der Waals surface area contributed by atoms with Gasteiger partial charge in [0.25, 0.3) is 0 Å². The van der Waals surface area contributed by atoms with E-state index in [-0.39, 0.29) is 5.91 Å². The van der Waals surface area contributed by atoms with E-state index in [1.807, 2.05) is 48.5 Å². The van der Waals surface area contributed by atoms with E-state index in [0.717, 1.165) is 23.5 Å². The first-order chi connectivity index (χ1) is 11.7. The van der Waals surface area contributed by atoms with Crippen molar-refractivity contribution in [3.8, 4) is 5.75 Å². The molecule has 1 aliphatic carbocycles. The second kappa shape index (κ2) is 8.18. The molecule has 5 heteroatoms. The molecule has 0 aliphatic heterocycles. The summed E-state index contributed by atoms with van der Waals surface area (Å²) in [5, 5.41) is 6.94. The summed E-state index contributed by atoms with van der Waals surface area (Å²) < 4.78 is 5.72. The first kappa shape index (κ1) is 16.8. The van der Waals surface area contributed by atoms with Crippen LogP contribution in [-0.4, -0.2) is 18.5 Å². The van der Waals surface area contributed by atoms with Crippen LogP contribution in [-0.2, 0) is 11.4 Å². The van der Waals surface area contributed by atoms with Gasteiger partial charge in [0, 0.05) is 29.7 Å². The Bertz CT molecular complexity index is 667. The molecule has 2 N–H and O–H groups in total. The number of rotatable bonds is 8. The molecule has 2 aromatic carbocycles. The lowest BCUT2D eigenvalue weighted by molar-refractivity contribution is -0.116. The fourth-order valence-corrected chi connectivity index (χ4v) is 2.41. The second-order valence-corrected chi connectivity index (χ2v) is 6.40. The summed E-state index contributed by atoms with van der Waals surface area (Å²) in [5.74, 6) is 0.788. The SMILES string of the molecule is O=C(CCNC1CC1)Nc1ccc(OCc2ccc(Cl)cc2)cc1. The van der Waals surface area contributed by atoms with Crippen LogP contribution in [0.5, 0.6) is 5.75 Å². The highest BCUT2D eigenvalue weighted by atomic mass is 35.5. The molecule has 24 heavy (non-hydrogen) atoms.